The van der Waals surface area contributed by atoms with Crippen LogP contribution in [0.25, 0.3) is 17.1 Å². The van der Waals surface area contributed by atoms with E-state index in [2.05, 4.69) is 71.9 Å². The number of hydrogen-bond acceptors (Lipinski definition) is 5. The molecule has 0 aliphatic carbocycles. The van der Waals surface area contributed by atoms with Crippen LogP contribution in [0.4, 0.5) is 0 Å². The first kappa shape index (κ1) is 21.5. The van der Waals surface area contributed by atoms with E-state index in [9.17, 15) is 0 Å². The highest BCUT2D eigenvalue weighted by Crippen LogP contribution is 2.19. The highest BCUT2D eigenvalue weighted by molar-refractivity contribution is 9.10. The predicted molar refractivity (Wildman–Crippen MR) is 91.9 cm³/mol. The van der Waals surface area contributed by atoms with Crippen LogP contribution >= 0.6 is 15.9 Å². The van der Waals surface area contributed by atoms with Gasteiger partial charge < -0.3 is 0 Å². The Kier molecular flexibility index (Phi) is 6.74. The number of halogens is 2. The molecule has 0 saturated heterocycles. The molecule has 0 aliphatic rings. The Labute approximate surface area is 168 Å². The molecule has 0 radical (unpaired) electrons. The molecule has 144 valence electrons. The minimum absolute atomic E-state index is 0.0653. The first-order valence-corrected chi connectivity index (χ1v) is 9.93. The molecule has 0 saturated carbocycles. The van der Waals surface area contributed by atoms with Crippen LogP contribution in [0, 0.1) is 10.2 Å². The summed E-state index contributed by atoms with van der Waals surface area (Å²) in [7, 11) is -4.94. The number of nitrogens with zero attached hydrogens (tertiary/aromatic N) is 3. The van der Waals surface area contributed by atoms with E-state index >= 15 is 0 Å². The molecule has 3 rings (SSSR count). The van der Waals surface area contributed by atoms with Gasteiger partial charge in [-0.2, -0.15) is 4.57 Å². The number of benzene rings is 2. The van der Waals surface area contributed by atoms with Gasteiger partial charge in [-0.05, 0) is 57.2 Å². The van der Waals surface area contributed by atoms with Crippen LogP contribution in [-0.4, -0.2) is 9.78 Å². The Morgan fingerprint density at radius 2 is 1.44 bits per heavy atom. The maximum absolute atomic E-state index is 8.49. The Hall–Kier alpha value is -1.81. The van der Waals surface area contributed by atoms with E-state index < -0.39 is 10.2 Å². The van der Waals surface area contributed by atoms with Crippen molar-refractivity contribution < 1.29 is 33.4 Å². The standard InChI is InChI=1S/C18H19BrN3.ClHO4/c1-18(2,3)22-13-21(16-11-9-15(19)10-12-16)17(20-22)14-7-5-4-6-8-14;2-1(3,4)5/h4-13H,1-3H3;(H,2,3,4,5)/q+1;/p-1. The summed E-state index contributed by atoms with van der Waals surface area (Å²) in [5, 5.41) is 4.82. The molecule has 0 bridgehead atoms. The summed E-state index contributed by atoms with van der Waals surface area (Å²) in [6, 6.07) is 18.5. The van der Waals surface area contributed by atoms with Gasteiger partial charge in [0.1, 0.15) is 11.2 Å². The summed E-state index contributed by atoms with van der Waals surface area (Å²) >= 11 is 3.49. The summed E-state index contributed by atoms with van der Waals surface area (Å²) in [5.41, 5.74) is 2.13. The second-order valence-electron chi connectivity index (χ2n) is 6.64. The molecular formula is C18H19BrClN3O4. The average Bonchev–Trinajstić information content (AvgIpc) is 3.00. The third-order valence-electron chi connectivity index (χ3n) is 3.48. The zero-order valence-corrected chi connectivity index (χ0v) is 17.3. The van der Waals surface area contributed by atoms with E-state index in [-0.39, 0.29) is 5.54 Å². The largest absolute Gasteiger partial charge is 0.313 e. The van der Waals surface area contributed by atoms with Crippen molar-refractivity contribution in [3.8, 4) is 17.1 Å². The highest BCUT2D eigenvalue weighted by Gasteiger charge is 2.27. The van der Waals surface area contributed by atoms with Crippen molar-refractivity contribution in [3.05, 3.63) is 65.4 Å². The summed E-state index contributed by atoms with van der Waals surface area (Å²) in [5.74, 6) is 0.942. The lowest BCUT2D eigenvalue weighted by molar-refractivity contribution is -2.00. The monoisotopic (exact) mass is 455 g/mol. The first-order chi connectivity index (χ1) is 12.4. The Morgan fingerprint density at radius 3 is 1.93 bits per heavy atom. The number of hydrogen-bond donors (Lipinski definition) is 0. The molecule has 1 aromatic heterocycles. The topological polar surface area (TPSA) is 114 Å². The molecule has 27 heavy (non-hydrogen) atoms. The van der Waals surface area contributed by atoms with Crippen molar-refractivity contribution in [1.29, 1.82) is 0 Å². The third kappa shape index (κ3) is 6.69. The van der Waals surface area contributed by atoms with Crippen molar-refractivity contribution >= 4 is 15.9 Å². The zero-order chi connectivity index (χ0) is 20.2. The van der Waals surface area contributed by atoms with Crippen molar-refractivity contribution in [3.63, 3.8) is 0 Å². The highest BCUT2D eigenvalue weighted by atomic mass is 79.9. The van der Waals surface area contributed by atoms with Gasteiger partial charge in [0.05, 0.1) is 5.56 Å². The lowest BCUT2D eigenvalue weighted by atomic mass is 10.1. The zero-order valence-electron chi connectivity index (χ0n) is 15.0. The van der Waals surface area contributed by atoms with Gasteiger partial charge in [0, 0.05) is 9.57 Å². The van der Waals surface area contributed by atoms with Crippen LogP contribution in [0.5, 0.6) is 0 Å². The second-order valence-corrected chi connectivity index (χ2v) is 8.32. The Balaban J connectivity index is 0.000000465. The smallest absolute Gasteiger partial charge is 0.222 e. The molecule has 0 amide bonds. The van der Waals surface area contributed by atoms with E-state index in [1.54, 1.807) is 0 Å². The molecule has 7 nitrogen and oxygen atoms in total. The maximum atomic E-state index is 8.49. The summed E-state index contributed by atoms with van der Waals surface area (Å²) < 4.78 is 39.2. The molecule has 1 heterocycles. The molecule has 3 aromatic rings. The minimum atomic E-state index is -4.94. The molecule has 2 aromatic carbocycles. The van der Waals surface area contributed by atoms with Crippen LogP contribution in [0.1, 0.15) is 20.8 Å². The second kappa shape index (κ2) is 8.47. The van der Waals surface area contributed by atoms with Crippen LogP contribution in [0.3, 0.4) is 0 Å². The fourth-order valence-electron chi connectivity index (χ4n) is 2.24. The van der Waals surface area contributed by atoms with Crippen LogP contribution in [0.2, 0.25) is 0 Å². The molecular weight excluding hydrogens is 438 g/mol. The summed E-state index contributed by atoms with van der Waals surface area (Å²) in [6.07, 6.45) is 2.06. The van der Waals surface area contributed by atoms with Crippen LogP contribution < -0.4 is 23.2 Å². The van der Waals surface area contributed by atoms with Gasteiger partial charge in [0.25, 0.3) is 0 Å². The van der Waals surface area contributed by atoms with E-state index in [4.69, 9.17) is 23.7 Å². The molecule has 0 fully saturated rings. The quantitative estimate of drug-likeness (QED) is 0.486. The number of rotatable bonds is 2. The van der Waals surface area contributed by atoms with Gasteiger partial charge in [-0.3, -0.25) is 0 Å². The summed E-state index contributed by atoms with van der Waals surface area (Å²) in [4.78, 5) is 0. The Bertz CT molecular complexity index is 866. The van der Waals surface area contributed by atoms with E-state index in [0.29, 0.717) is 0 Å². The van der Waals surface area contributed by atoms with E-state index in [1.807, 2.05) is 35.0 Å². The van der Waals surface area contributed by atoms with Gasteiger partial charge in [-0.1, -0.05) is 34.1 Å². The molecule has 9 heteroatoms. The molecule has 0 unspecified atom stereocenters. The maximum Gasteiger partial charge on any atom is 0.313 e. The van der Waals surface area contributed by atoms with Gasteiger partial charge in [-0.25, -0.2) is 18.6 Å². The number of aromatic nitrogens is 3. The lowest BCUT2D eigenvalue weighted by Gasteiger charge is -2.17. The lowest BCUT2D eigenvalue weighted by Crippen LogP contribution is -2.68. The van der Waals surface area contributed by atoms with Gasteiger partial charge in [-0.15, -0.1) is 14.9 Å². The first-order valence-electron chi connectivity index (χ1n) is 7.90. The normalized spacial score (nSPS) is 11.7. The molecule has 0 N–H and O–H groups in total. The minimum Gasteiger partial charge on any atom is -0.222 e. The average molecular weight is 457 g/mol. The van der Waals surface area contributed by atoms with Crippen LogP contribution in [-0.2, 0) is 5.54 Å². The third-order valence-corrected chi connectivity index (χ3v) is 4.01. The van der Waals surface area contributed by atoms with Crippen molar-refractivity contribution in [2.75, 3.05) is 0 Å². The predicted octanol–water partition coefficient (Wildman–Crippen LogP) is -0.412. The van der Waals surface area contributed by atoms with E-state index in [0.717, 1.165) is 21.5 Å². The molecule has 0 spiro atoms. The van der Waals surface area contributed by atoms with Crippen LogP contribution in [0.15, 0.2) is 65.4 Å². The summed E-state index contributed by atoms with van der Waals surface area (Å²) in [6.45, 7) is 6.46. The van der Waals surface area contributed by atoms with Crippen molar-refractivity contribution in [2.45, 2.75) is 26.3 Å². The van der Waals surface area contributed by atoms with Gasteiger partial charge >= 0.3 is 5.82 Å². The van der Waals surface area contributed by atoms with Gasteiger partial charge in [0.2, 0.25) is 6.33 Å². The molecule has 0 aliphatic heterocycles. The fourth-order valence-corrected chi connectivity index (χ4v) is 2.50. The Morgan fingerprint density at radius 1 is 0.926 bits per heavy atom. The van der Waals surface area contributed by atoms with Crippen molar-refractivity contribution in [2.24, 2.45) is 0 Å². The molecule has 0 atom stereocenters. The fraction of sp³-hybridized carbons (Fsp3) is 0.222. The van der Waals surface area contributed by atoms with Crippen molar-refractivity contribution in [1.82, 2.24) is 9.78 Å². The SMILES string of the molecule is CC(C)(C)n1c[n+](-c2ccc(Br)cc2)c(-c2ccccc2)n1.[O-][Cl+3]([O-])([O-])[O-]. The van der Waals surface area contributed by atoms with Gasteiger partial charge in [0.15, 0.2) is 0 Å². The van der Waals surface area contributed by atoms with E-state index in [1.165, 1.54) is 0 Å².